The van der Waals surface area contributed by atoms with Gasteiger partial charge in [0, 0.05) is 31.3 Å². The van der Waals surface area contributed by atoms with Crippen molar-refractivity contribution in [2.45, 2.75) is 31.0 Å². The minimum absolute atomic E-state index is 0. The number of carbonyl (C=O) groups is 2. The fourth-order valence-electron chi connectivity index (χ4n) is 10.2. The van der Waals surface area contributed by atoms with Gasteiger partial charge in [-0.15, -0.1) is 35.3 Å². The number of benzene rings is 14. The SMILES string of the molecule is CC(Cl)C(=O)Cc1cccc(Br)c1.CC(Cl)C(=O)Cl.[CH2-]c1cccc(Br)c1.[Pd].[Zn+][Br].c1ccc(P(c2ccccc2)c2ccccc2)cc1.c1ccc(P(c2ccccc2)c2ccccc2)cc1.c1ccc(P(c2ccccc2)c2ccccc2)cc1.c1ccc(P(c2ccccc2)c2ccccc2)cc1. The summed E-state index contributed by atoms with van der Waals surface area (Å²) >= 11 is 26.5. The number of carbonyl (C=O) groups excluding carboxylic acids is 2. The first-order valence-electron chi connectivity index (χ1n) is 33.7. The topological polar surface area (TPSA) is 34.1 Å². The van der Waals surface area contributed by atoms with Crippen molar-refractivity contribution < 1.29 is 46.4 Å². The fourth-order valence-corrected chi connectivity index (χ4v) is 20.4. The summed E-state index contributed by atoms with van der Waals surface area (Å²) in [5.41, 5.74) is 2.03. The molecule has 0 radical (unpaired) electrons. The summed E-state index contributed by atoms with van der Waals surface area (Å²) in [5, 5.41) is 15.3. The summed E-state index contributed by atoms with van der Waals surface area (Å²) < 4.78 is 2.07. The summed E-state index contributed by atoms with van der Waals surface area (Å²) in [6.45, 7) is 6.97. The molecule has 0 bridgehead atoms. The van der Waals surface area contributed by atoms with Crippen LogP contribution in [0, 0.1) is 6.92 Å². The van der Waals surface area contributed by atoms with Gasteiger partial charge < -0.3 is 0 Å². The molecule has 2 unspecified atom stereocenters. The van der Waals surface area contributed by atoms with Gasteiger partial charge in [0.15, 0.2) is 5.78 Å². The summed E-state index contributed by atoms with van der Waals surface area (Å²) in [6, 6.07) is 145. The molecule has 534 valence electrons. The Morgan fingerprint density at radius 2 is 0.472 bits per heavy atom. The van der Waals surface area contributed by atoms with Crippen molar-refractivity contribution in [3.05, 3.63) is 440 Å². The molecule has 0 amide bonds. The molecule has 0 aromatic heterocycles. The van der Waals surface area contributed by atoms with Gasteiger partial charge in [-0.25, -0.2) is 0 Å². The largest absolute Gasteiger partial charge is 0.0622 e. The molecule has 0 saturated carbocycles. The smallest absolute Gasteiger partial charge is 0.0134 e. The van der Waals surface area contributed by atoms with E-state index >= 15 is 0 Å². The van der Waals surface area contributed by atoms with E-state index in [1.165, 1.54) is 86.9 Å². The van der Waals surface area contributed by atoms with Gasteiger partial charge in [0.1, 0.15) is 5.38 Å². The second-order valence-corrected chi connectivity index (χ2v) is 35.2. The van der Waals surface area contributed by atoms with Gasteiger partial charge >= 0.3 is 30.0 Å². The Morgan fingerprint density at radius 1 is 0.302 bits per heavy atom. The molecule has 0 spiro atoms. The van der Waals surface area contributed by atoms with Crippen molar-refractivity contribution in [3.8, 4) is 0 Å². The van der Waals surface area contributed by atoms with Gasteiger partial charge in [-0.05, 0) is 143 Å². The molecule has 0 aliphatic heterocycles. The summed E-state index contributed by atoms with van der Waals surface area (Å²) in [7, 11) is -1.78. The van der Waals surface area contributed by atoms with Crippen LogP contribution in [0.3, 0.4) is 0 Å². The zero-order valence-corrected chi connectivity index (χ0v) is 73.9. The minimum atomic E-state index is -0.549. The summed E-state index contributed by atoms with van der Waals surface area (Å²) in [5.74, 6) is 0.0553. The van der Waals surface area contributed by atoms with Crippen molar-refractivity contribution in [2.75, 3.05) is 0 Å². The van der Waals surface area contributed by atoms with Crippen LogP contribution in [0.25, 0.3) is 0 Å². The molecule has 14 heteroatoms. The number of ketones is 1. The van der Waals surface area contributed by atoms with Crippen LogP contribution in [-0.4, -0.2) is 21.8 Å². The average molecular weight is 1860 g/mol. The van der Waals surface area contributed by atoms with Crippen LogP contribution in [0.15, 0.2) is 421 Å². The van der Waals surface area contributed by atoms with Gasteiger partial charge in [-0.3, -0.25) is 9.59 Å². The average Bonchev–Trinajstić information content (AvgIpc) is 0.839. The normalized spacial score (nSPS) is 10.7. The number of Topliss-reactive ketones (excluding diaryl/α,β-unsaturated/α-hetero) is 1. The number of hydrogen-bond acceptors (Lipinski definition) is 2. The quantitative estimate of drug-likeness (QED) is 0.0318. The van der Waals surface area contributed by atoms with E-state index in [1.54, 1.807) is 6.92 Å². The minimum Gasteiger partial charge on any atom is -0.0622 e. The molecule has 14 aromatic carbocycles. The summed E-state index contributed by atoms with van der Waals surface area (Å²) in [6.07, 6.45) is 0.407. The molecule has 0 aliphatic carbocycles. The molecular weight excluding hydrogens is 1780 g/mol. The fraction of sp³-hybridized carbons (Fsp3) is 0.0543. The standard InChI is InChI=1S/4C18H15P.C10H10BrClO.C7H6Br.C3H4Cl2O.BrH.Pd.Zn/c4*1-4-10-16(11-5-1)19(17-12-6-2-7-13-17)18-14-8-3-9-15-18;1-7(12)10(13)6-8-3-2-4-9(11)5-8;1-6-3-2-4-7(8)5-6;1-2(4)3(5)6;;;/h4*1-15H;2-5,7H,6H2,1H3;2-5H,1H2;2H,1H3;1H;;/q;;;;;-1;;;;+2/p-1. The van der Waals surface area contributed by atoms with Crippen LogP contribution in [0.1, 0.15) is 25.0 Å². The van der Waals surface area contributed by atoms with Crippen LogP contribution < -0.4 is 63.7 Å². The van der Waals surface area contributed by atoms with E-state index in [0.29, 0.717) is 6.42 Å². The van der Waals surface area contributed by atoms with Crippen LogP contribution in [0.2, 0.25) is 0 Å². The van der Waals surface area contributed by atoms with Crippen molar-refractivity contribution in [3.63, 3.8) is 0 Å². The molecule has 0 N–H and O–H groups in total. The number of halogens is 6. The predicted molar refractivity (Wildman–Crippen MR) is 472 cm³/mol. The zero-order chi connectivity index (χ0) is 74.6. The van der Waals surface area contributed by atoms with Gasteiger partial charge in [0.05, 0.1) is 5.38 Å². The molecule has 0 aliphatic rings. The first-order valence-corrected chi connectivity index (χ1v) is 48.9. The van der Waals surface area contributed by atoms with Gasteiger partial charge in [0.2, 0.25) is 5.24 Å². The first kappa shape index (κ1) is 88.5. The van der Waals surface area contributed by atoms with Crippen molar-refractivity contribution in [1.29, 1.82) is 0 Å². The molecule has 0 heterocycles. The first-order chi connectivity index (χ1) is 51.3. The summed E-state index contributed by atoms with van der Waals surface area (Å²) in [4.78, 5) is 21.1. The monoisotopic (exact) mass is 1850 g/mol. The zero-order valence-electron chi connectivity index (χ0n) is 58.7. The Bertz CT molecular complexity index is 3770. The van der Waals surface area contributed by atoms with E-state index in [2.05, 4.69) is 416 Å². The molecule has 14 aromatic rings. The number of hydrogen-bond donors (Lipinski definition) is 0. The third-order valence-electron chi connectivity index (χ3n) is 15.1. The van der Waals surface area contributed by atoms with Crippen LogP contribution in [0.5, 0.6) is 0 Å². The van der Waals surface area contributed by atoms with Crippen LogP contribution >= 0.6 is 112 Å². The number of rotatable bonds is 16. The molecule has 2 nitrogen and oxygen atoms in total. The molecule has 0 saturated heterocycles. The van der Waals surface area contributed by atoms with Crippen LogP contribution in [-0.2, 0) is 52.8 Å². The predicted octanol–water partition coefficient (Wildman–Crippen LogP) is 21.8. The van der Waals surface area contributed by atoms with E-state index < -0.39 is 47.7 Å². The van der Waals surface area contributed by atoms with Crippen LogP contribution in [0.4, 0.5) is 0 Å². The Kier molecular flexibility index (Phi) is 43.3. The van der Waals surface area contributed by atoms with E-state index in [0.717, 1.165) is 20.1 Å². The van der Waals surface area contributed by atoms with E-state index in [9.17, 15) is 9.59 Å². The molecule has 2 atom stereocenters. The maximum absolute atomic E-state index is 11.3. The van der Waals surface area contributed by atoms with E-state index in [-0.39, 0.29) is 26.2 Å². The molecule has 14 rings (SSSR count). The molecule has 0 fully saturated rings. The maximum Gasteiger partial charge on any atom is -0.0134 e. The maximum atomic E-state index is 11.3. The van der Waals surface area contributed by atoms with E-state index in [4.69, 9.17) is 34.8 Å². The van der Waals surface area contributed by atoms with E-state index in [1.807, 2.05) is 48.5 Å². The number of alkyl halides is 2. The van der Waals surface area contributed by atoms with Crippen molar-refractivity contribution >= 4 is 187 Å². The Hall–Kier alpha value is -6.39. The Labute approximate surface area is 696 Å². The Balaban J connectivity index is 0.000000198. The third kappa shape index (κ3) is 31.7. The Morgan fingerprint density at radius 3 is 0.604 bits per heavy atom. The van der Waals surface area contributed by atoms with Gasteiger partial charge in [0.25, 0.3) is 0 Å². The second-order valence-electron chi connectivity index (χ2n) is 22.8. The van der Waals surface area contributed by atoms with Crippen molar-refractivity contribution in [1.82, 2.24) is 0 Å². The van der Waals surface area contributed by atoms with Crippen molar-refractivity contribution in [2.24, 2.45) is 0 Å². The molecule has 106 heavy (non-hydrogen) atoms. The second kappa shape index (κ2) is 51.8. The third-order valence-corrected chi connectivity index (χ3v) is 26.7. The van der Waals surface area contributed by atoms with Gasteiger partial charge in [-0.2, -0.15) is 18.6 Å². The van der Waals surface area contributed by atoms with Gasteiger partial charge in [-0.1, -0.05) is 414 Å². The molecular formula is C92H80Br3Cl3O2P4PdZn.